The first-order valence-corrected chi connectivity index (χ1v) is 7.82. The molecule has 94 valence electrons. The van der Waals surface area contributed by atoms with Gasteiger partial charge in [-0.1, -0.05) is 6.92 Å². The number of nitrogens with one attached hydrogen (secondary N) is 1. The molecule has 1 N–H and O–H groups in total. The summed E-state index contributed by atoms with van der Waals surface area (Å²) in [4.78, 5) is 0. The molecule has 0 aromatic rings. The van der Waals surface area contributed by atoms with E-state index in [-0.39, 0.29) is 22.7 Å². The van der Waals surface area contributed by atoms with E-state index in [1.807, 2.05) is 0 Å². The van der Waals surface area contributed by atoms with Crippen LogP contribution in [0.15, 0.2) is 0 Å². The molecule has 16 heavy (non-hydrogen) atoms. The summed E-state index contributed by atoms with van der Waals surface area (Å²) in [5, 5.41) is 3.39. The van der Waals surface area contributed by atoms with Crippen molar-refractivity contribution in [3.63, 3.8) is 0 Å². The van der Waals surface area contributed by atoms with Crippen molar-refractivity contribution in [2.75, 3.05) is 24.6 Å². The molecule has 2 heterocycles. The molecule has 0 aliphatic carbocycles. The predicted molar refractivity (Wildman–Crippen MR) is 63.3 cm³/mol. The molecule has 0 aromatic heterocycles. The second-order valence-electron chi connectivity index (χ2n) is 5.34. The molecule has 0 saturated carbocycles. The Kier molecular flexibility index (Phi) is 3.05. The Hall–Kier alpha value is -0.130. The molecule has 0 radical (unpaired) electrons. The summed E-state index contributed by atoms with van der Waals surface area (Å²) >= 11 is 0. The minimum Gasteiger partial charge on any atom is -0.366 e. The van der Waals surface area contributed by atoms with Gasteiger partial charge in [0.2, 0.25) is 0 Å². The smallest absolute Gasteiger partial charge is 0.150 e. The highest BCUT2D eigenvalue weighted by Crippen LogP contribution is 2.35. The molecule has 0 aromatic carbocycles. The van der Waals surface area contributed by atoms with Gasteiger partial charge in [0.05, 0.1) is 22.7 Å². The van der Waals surface area contributed by atoms with Crippen LogP contribution in [0.5, 0.6) is 0 Å². The summed E-state index contributed by atoms with van der Waals surface area (Å²) in [7, 11) is -2.81. The van der Waals surface area contributed by atoms with Gasteiger partial charge in [-0.3, -0.25) is 0 Å². The van der Waals surface area contributed by atoms with Crippen molar-refractivity contribution in [2.45, 2.75) is 44.3 Å². The topological polar surface area (TPSA) is 55.4 Å². The number of sulfone groups is 1. The lowest BCUT2D eigenvalue weighted by molar-refractivity contribution is -0.174. The van der Waals surface area contributed by atoms with E-state index >= 15 is 0 Å². The van der Waals surface area contributed by atoms with E-state index in [9.17, 15) is 8.42 Å². The quantitative estimate of drug-likeness (QED) is 0.742. The number of hydrogen-bond acceptors (Lipinski definition) is 4. The van der Waals surface area contributed by atoms with E-state index in [1.54, 1.807) is 0 Å². The minimum absolute atomic E-state index is 0.140. The van der Waals surface area contributed by atoms with Crippen molar-refractivity contribution in [1.82, 2.24) is 5.32 Å². The standard InChI is InChI=1S/C11H21NO3S/c1-3-10(2)8-12-9-11(15-10)4-6-16(13,14)7-5-11/h12H,3-9H2,1-2H3. The molecular weight excluding hydrogens is 226 g/mol. The Balaban J connectivity index is 2.09. The van der Waals surface area contributed by atoms with Gasteiger partial charge in [-0.05, 0) is 26.2 Å². The van der Waals surface area contributed by atoms with Gasteiger partial charge >= 0.3 is 0 Å². The lowest BCUT2D eigenvalue weighted by atomic mass is 9.90. The molecule has 4 nitrogen and oxygen atoms in total. The fourth-order valence-corrected chi connectivity index (χ4v) is 4.11. The fraction of sp³-hybridized carbons (Fsp3) is 1.00. The zero-order valence-electron chi connectivity index (χ0n) is 10.1. The first kappa shape index (κ1) is 12.3. The van der Waals surface area contributed by atoms with Crippen LogP contribution in [0.25, 0.3) is 0 Å². The third-order valence-electron chi connectivity index (χ3n) is 3.89. The maximum absolute atomic E-state index is 11.4. The van der Waals surface area contributed by atoms with E-state index in [0.29, 0.717) is 12.8 Å². The number of rotatable bonds is 1. The van der Waals surface area contributed by atoms with Crippen LogP contribution >= 0.6 is 0 Å². The van der Waals surface area contributed by atoms with E-state index in [1.165, 1.54) is 0 Å². The van der Waals surface area contributed by atoms with E-state index < -0.39 is 9.84 Å². The molecule has 5 heteroatoms. The van der Waals surface area contributed by atoms with Gasteiger partial charge in [-0.15, -0.1) is 0 Å². The molecule has 2 fully saturated rings. The van der Waals surface area contributed by atoms with Gasteiger partial charge in [0.25, 0.3) is 0 Å². The zero-order chi connectivity index (χ0) is 11.9. The molecular formula is C11H21NO3S. The molecule has 0 bridgehead atoms. The van der Waals surface area contributed by atoms with Gasteiger partial charge in [0.15, 0.2) is 9.84 Å². The first-order valence-electron chi connectivity index (χ1n) is 6.00. The maximum atomic E-state index is 11.4. The second-order valence-corrected chi connectivity index (χ2v) is 7.65. The Morgan fingerprint density at radius 3 is 2.44 bits per heavy atom. The largest absolute Gasteiger partial charge is 0.366 e. The average molecular weight is 247 g/mol. The van der Waals surface area contributed by atoms with Crippen molar-refractivity contribution in [2.24, 2.45) is 0 Å². The van der Waals surface area contributed by atoms with Crippen LogP contribution in [0.2, 0.25) is 0 Å². The second kappa shape index (κ2) is 3.96. The van der Waals surface area contributed by atoms with Crippen LogP contribution in [-0.2, 0) is 14.6 Å². The summed E-state index contributed by atoms with van der Waals surface area (Å²) in [6.45, 7) is 5.86. The SMILES string of the molecule is CCC1(C)CNCC2(CCS(=O)(=O)CC2)O1. The minimum atomic E-state index is -2.81. The summed E-state index contributed by atoms with van der Waals surface area (Å²) in [5.74, 6) is 0.545. The van der Waals surface area contributed by atoms with Crippen LogP contribution < -0.4 is 5.32 Å². The maximum Gasteiger partial charge on any atom is 0.150 e. The highest BCUT2D eigenvalue weighted by atomic mass is 32.2. The Labute approximate surface area is 97.7 Å². The zero-order valence-corrected chi connectivity index (χ0v) is 10.9. The van der Waals surface area contributed by atoms with Crippen LogP contribution in [0, 0.1) is 0 Å². The average Bonchev–Trinajstić information content (AvgIpc) is 2.24. The molecule has 1 unspecified atom stereocenters. The molecule has 1 spiro atoms. The van der Waals surface area contributed by atoms with Crippen LogP contribution in [-0.4, -0.2) is 44.2 Å². The van der Waals surface area contributed by atoms with Crippen molar-refractivity contribution in [3.8, 4) is 0 Å². The van der Waals surface area contributed by atoms with Gasteiger partial charge in [0, 0.05) is 13.1 Å². The summed E-state index contributed by atoms with van der Waals surface area (Å²) in [6.07, 6.45) is 2.23. The summed E-state index contributed by atoms with van der Waals surface area (Å²) < 4.78 is 29.1. The molecule has 2 aliphatic heterocycles. The Bertz CT molecular complexity index is 351. The fourth-order valence-electron chi connectivity index (χ4n) is 2.54. The van der Waals surface area contributed by atoms with Crippen LogP contribution in [0.4, 0.5) is 0 Å². The molecule has 2 aliphatic rings. The summed E-state index contributed by atoms with van der Waals surface area (Å²) in [6, 6.07) is 0. The van der Waals surface area contributed by atoms with Gasteiger partial charge in [-0.25, -0.2) is 8.42 Å². The normalized spacial score (nSPS) is 37.4. The number of hydrogen-bond donors (Lipinski definition) is 1. The third kappa shape index (κ3) is 2.41. The first-order chi connectivity index (χ1) is 7.39. The van der Waals surface area contributed by atoms with E-state index in [2.05, 4.69) is 19.2 Å². The van der Waals surface area contributed by atoms with Crippen molar-refractivity contribution in [3.05, 3.63) is 0 Å². The molecule has 2 rings (SSSR count). The summed E-state index contributed by atoms with van der Waals surface area (Å²) in [5.41, 5.74) is -0.381. The van der Waals surface area contributed by atoms with Crippen molar-refractivity contribution >= 4 is 9.84 Å². The Morgan fingerprint density at radius 2 is 1.88 bits per heavy atom. The lowest BCUT2D eigenvalue weighted by Crippen LogP contribution is -2.61. The highest BCUT2D eigenvalue weighted by molar-refractivity contribution is 7.91. The molecule has 0 amide bonds. The monoisotopic (exact) mass is 247 g/mol. The number of ether oxygens (including phenoxy) is 1. The molecule has 1 atom stereocenters. The van der Waals surface area contributed by atoms with Gasteiger partial charge in [-0.2, -0.15) is 0 Å². The van der Waals surface area contributed by atoms with Gasteiger partial charge in [0.1, 0.15) is 0 Å². The Morgan fingerprint density at radius 1 is 1.25 bits per heavy atom. The van der Waals surface area contributed by atoms with Crippen molar-refractivity contribution < 1.29 is 13.2 Å². The highest BCUT2D eigenvalue weighted by Gasteiger charge is 2.45. The van der Waals surface area contributed by atoms with Crippen molar-refractivity contribution in [1.29, 1.82) is 0 Å². The lowest BCUT2D eigenvalue weighted by Gasteiger charge is -2.48. The van der Waals surface area contributed by atoms with Crippen LogP contribution in [0.1, 0.15) is 33.1 Å². The van der Waals surface area contributed by atoms with E-state index in [4.69, 9.17) is 4.74 Å². The van der Waals surface area contributed by atoms with Crippen LogP contribution in [0.3, 0.4) is 0 Å². The molecule has 2 saturated heterocycles. The van der Waals surface area contributed by atoms with Gasteiger partial charge < -0.3 is 10.1 Å². The predicted octanol–water partition coefficient (Wildman–Crippen LogP) is 0.722. The van der Waals surface area contributed by atoms with E-state index in [0.717, 1.165) is 19.5 Å². The number of morpholine rings is 1. The third-order valence-corrected chi connectivity index (χ3v) is 5.55.